The van der Waals surface area contributed by atoms with Gasteiger partial charge in [-0.25, -0.2) is 9.18 Å². The number of piperidine rings is 1. The monoisotopic (exact) mass is 505 g/mol. The van der Waals surface area contributed by atoms with E-state index in [0.717, 1.165) is 47.9 Å². The summed E-state index contributed by atoms with van der Waals surface area (Å²) in [5.41, 5.74) is 2.88. The van der Waals surface area contributed by atoms with Crippen LogP contribution in [0.2, 0.25) is 0 Å². The van der Waals surface area contributed by atoms with Gasteiger partial charge >= 0.3 is 5.69 Å². The van der Waals surface area contributed by atoms with Crippen molar-refractivity contribution in [2.24, 2.45) is 0 Å². The molecule has 0 bridgehead atoms. The number of methoxy groups -OCH3 is 1. The number of rotatable bonds is 9. The highest BCUT2D eigenvalue weighted by Gasteiger charge is 2.26. The third-order valence-electron chi connectivity index (χ3n) is 7.38. The zero-order valence-electron chi connectivity index (χ0n) is 21.1. The number of aryl methyl sites for hydroxylation is 1. The highest BCUT2D eigenvalue weighted by Crippen LogP contribution is 2.29. The number of pyridine rings is 2. The Kier molecular flexibility index (Phi) is 7.23. The van der Waals surface area contributed by atoms with E-state index in [4.69, 9.17) is 4.74 Å². The van der Waals surface area contributed by atoms with Crippen LogP contribution in [0.25, 0.3) is 21.8 Å². The standard InChI is InChI=1S/C28H32FN5O3/c1-19(37-2)32-13-10-21(11-14-32)34-25-9-12-30-17-26(25)33(28(34)36)18-24-22(7-3-4-15-35)27-20(16-31-24)6-5-8-23(27)29/h5-6,8-9,12,16-17,21,35H,1,3-4,7,10-11,13-15,18H2,2H3. The molecule has 9 heteroatoms. The molecule has 4 heterocycles. The minimum Gasteiger partial charge on any atom is -0.483 e. The molecule has 4 aromatic rings. The molecular weight excluding hydrogens is 473 g/mol. The first kappa shape index (κ1) is 25.0. The number of nitrogens with zero attached hydrogens (tertiary/aromatic N) is 5. The van der Waals surface area contributed by atoms with E-state index >= 15 is 0 Å². The third-order valence-corrected chi connectivity index (χ3v) is 7.38. The quantitative estimate of drug-likeness (QED) is 0.273. The lowest BCUT2D eigenvalue weighted by molar-refractivity contribution is 0.120. The minimum atomic E-state index is -0.305. The number of imidazole rings is 1. The number of likely N-dealkylation sites (tertiary alicyclic amines) is 1. The molecule has 0 aliphatic carbocycles. The Morgan fingerprint density at radius 1 is 1.19 bits per heavy atom. The Balaban J connectivity index is 1.55. The Hall–Kier alpha value is -3.72. The van der Waals surface area contributed by atoms with Crippen LogP contribution in [0, 0.1) is 5.82 Å². The number of aliphatic hydroxyl groups is 1. The average molecular weight is 506 g/mol. The minimum absolute atomic E-state index is 0.0330. The Labute approximate surface area is 214 Å². The van der Waals surface area contributed by atoms with Gasteiger partial charge in [0.25, 0.3) is 0 Å². The van der Waals surface area contributed by atoms with E-state index in [-0.39, 0.29) is 30.7 Å². The average Bonchev–Trinajstić information content (AvgIpc) is 3.20. The number of hydrogen-bond acceptors (Lipinski definition) is 6. The fourth-order valence-electron chi connectivity index (χ4n) is 5.44. The zero-order chi connectivity index (χ0) is 25.9. The molecule has 1 fully saturated rings. The molecule has 194 valence electrons. The van der Waals surface area contributed by atoms with E-state index in [1.165, 1.54) is 6.07 Å². The Morgan fingerprint density at radius 3 is 2.76 bits per heavy atom. The van der Waals surface area contributed by atoms with Crippen LogP contribution in [0.4, 0.5) is 4.39 Å². The van der Waals surface area contributed by atoms with E-state index in [9.17, 15) is 14.3 Å². The van der Waals surface area contributed by atoms with Gasteiger partial charge in [0.05, 0.1) is 36.6 Å². The molecule has 1 aliphatic heterocycles. The number of aliphatic hydroxyl groups excluding tert-OH is 1. The van der Waals surface area contributed by atoms with Gasteiger partial charge in [0.15, 0.2) is 5.88 Å². The van der Waals surface area contributed by atoms with Crippen molar-refractivity contribution in [3.8, 4) is 0 Å². The topological polar surface area (TPSA) is 85.4 Å². The largest absolute Gasteiger partial charge is 0.483 e. The molecule has 37 heavy (non-hydrogen) atoms. The predicted molar refractivity (Wildman–Crippen MR) is 141 cm³/mol. The SMILES string of the molecule is C=C(OC)N1CCC(n2c(=O)n(Cc3ncc4cccc(F)c4c3CCCCO)c3cnccc32)CC1. The summed E-state index contributed by atoms with van der Waals surface area (Å²) in [6.07, 6.45) is 8.53. The van der Waals surface area contributed by atoms with E-state index < -0.39 is 0 Å². The smallest absolute Gasteiger partial charge is 0.329 e. The molecule has 0 unspecified atom stereocenters. The van der Waals surface area contributed by atoms with Crippen molar-refractivity contribution in [2.45, 2.75) is 44.7 Å². The molecule has 3 aromatic heterocycles. The molecule has 0 amide bonds. The first-order valence-electron chi connectivity index (χ1n) is 12.7. The van der Waals surface area contributed by atoms with Crippen molar-refractivity contribution >= 4 is 21.8 Å². The number of fused-ring (bicyclic) bond motifs is 2. The van der Waals surface area contributed by atoms with Crippen LogP contribution in [0.5, 0.6) is 0 Å². The fourth-order valence-corrected chi connectivity index (χ4v) is 5.44. The summed E-state index contributed by atoms with van der Waals surface area (Å²) in [7, 11) is 1.62. The zero-order valence-corrected chi connectivity index (χ0v) is 21.1. The van der Waals surface area contributed by atoms with Crippen LogP contribution in [-0.2, 0) is 17.7 Å². The van der Waals surface area contributed by atoms with Gasteiger partial charge in [-0.3, -0.25) is 19.1 Å². The van der Waals surface area contributed by atoms with Gasteiger partial charge in [-0.05, 0) is 56.4 Å². The van der Waals surface area contributed by atoms with E-state index in [1.807, 2.05) is 16.7 Å². The summed E-state index contributed by atoms with van der Waals surface area (Å²) < 4.78 is 23.8. The maximum Gasteiger partial charge on any atom is 0.329 e. The van der Waals surface area contributed by atoms with Crippen LogP contribution in [0.1, 0.15) is 43.0 Å². The van der Waals surface area contributed by atoms with E-state index in [2.05, 4.69) is 21.4 Å². The Bertz CT molecular complexity index is 1490. The molecule has 1 N–H and O–H groups in total. The van der Waals surface area contributed by atoms with Crippen LogP contribution < -0.4 is 5.69 Å². The van der Waals surface area contributed by atoms with Crippen LogP contribution in [0.3, 0.4) is 0 Å². The Morgan fingerprint density at radius 2 is 2.00 bits per heavy atom. The lowest BCUT2D eigenvalue weighted by Crippen LogP contribution is -2.37. The van der Waals surface area contributed by atoms with E-state index in [0.29, 0.717) is 36.2 Å². The molecule has 0 spiro atoms. The molecule has 1 aromatic carbocycles. The summed E-state index contributed by atoms with van der Waals surface area (Å²) in [6.45, 7) is 5.74. The maximum absolute atomic E-state index is 15.0. The van der Waals surface area contributed by atoms with E-state index in [1.54, 1.807) is 36.3 Å². The van der Waals surface area contributed by atoms with Gasteiger partial charge < -0.3 is 14.7 Å². The number of aromatic nitrogens is 4. The fraction of sp³-hybridized carbons (Fsp3) is 0.393. The number of ether oxygens (including phenoxy) is 1. The molecule has 8 nitrogen and oxygen atoms in total. The summed E-state index contributed by atoms with van der Waals surface area (Å²) in [4.78, 5) is 24.9. The number of hydrogen-bond donors (Lipinski definition) is 1. The van der Waals surface area contributed by atoms with Gasteiger partial charge in [0.1, 0.15) is 5.82 Å². The highest BCUT2D eigenvalue weighted by molar-refractivity contribution is 5.86. The molecule has 1 aliphatic rings. The summed E-state index contributed by atoms with van der Waals surface area (Å²) >= 11 is 0. The van der Waals surface area contributed by atoms with Crippen molar-refractivity contribution in [3.05, 3.63) is 82.9 Å². The van der Waals surface area contributed by atoms with Crippen molar-refractivity contribution < 1.29 is 14.2 Å². The normalized spacial score (nSPS) is 14.5. The van der Waals surface area contributed by atoms with Crippen LogP contribution in [-0.4, -0.2) is 55.9 Å². The van der Waals surface area contributed by atoms with Crippen LogP contribution >= 0.6 is 0 Å². The number of benzene rings is 1. The molecule has 0 radical (unpaired) electrons. The van der Waals surface area contributed by atoms with Crippen molar-refractivity contribution in [1.82, 2.24) is 24.0 Å². The lowest BCUT2D eigenvalue weighted by atomic mass is 9.98. The predicted octanol–water partition coefficient (Wildman–Crippen LogP) is 4.00. The molecular formula is C28H32FN5O3. The second-order valence-electron chi connectivity index (χ2n) is 9.49. The van der Waals surface area contributed by atoms with Gasteiger partial charge in [-0.15, -0.1) is 0 Å². The van der Waals surface area contributed by atoms with Crippen LogP contribution in [0.15, 0.2) is 60.1 Å². The molecule has 1 saturated heterocycles. The third kappa shape index (κ3) is 4.71. The lowest BCUT2D eigenvalue weighted by Gasteiger charge is -2.34. The van der Waals surface area contributed by atoms with Crippen molar-refractivity contribution in [1.29, 1.82) is 0 Å². The molecule has 0 saturated carbocycles. The summed E-state index contributed by atoms with van der Waals surface area (Å²) in [5, 5.41) is 10.6. The molecule has 5 rings (SSSR count). The van der Waals surface area contributed by atoms with Gasteiger partial charge in [-0.1, -0.05) is 12.1 Å². The van der Waals surface area contributed by atoms with Gasteiger partial charge in [0, 0.05) is 48.9 Å². The molecule has 0 atom stereocenters. The van der Waals surface area contributed by atoms with Crippen molar-refractivity contribution in [3.63, 3.8) is 0 Å². The number of unbranched alkanes of at least 4 members (excludes halogenated alkanes) is 1. The highest BCUT2D eigenvalue weighted by atomic mass is 19.1. The summed E-state index contributed by atoms with van der Waals surface area (Å²) in [6, 6.07) is 6.88. The first-order chi connectivity index (χ1) is 18.0. The maximum atomic E-state index is 15.0. The van der Waals surface area contributed by atoms with Gasteiger partial charge in [-0.2, -0.15) is 0 Å². The number of halogens is 1. The second-order valence-corrected chi connectivity index (χ2v) is 9.49. The second kappa shape index (κ2) is 10.7. The summed E-state index contributed by atoms with van der Waals surface area (Å²) in [5.74, 6) is 0.335. The van der Waals surface area contributed by atoms with Gasteiger partial charge in [0.2, 0.25) is 0 Å². The first-order valence-corrected chi connectivity index (χ1v) is 12.7. The van der Waals surface area contributed by atoms with Crippen molar-refractivity contribution in [2.75, 3.05) is 26.8 Å².